The molecule has 0 fully saturated rings. The summed E-state index contributed by atoms with van der Waals surface area (Å²) >= 11 is 5.87. The maximum Gasteiger partial charge on any atom is 0.256 e. The fourth-order valence-electron chi connectivity index (χ4n) is 1.36. The normalized spacial score (nSPS) is 10.5. The van der Waals surface area contributed by atoms with Gasteiger partial charge >= 0.3 is 0 Å². The average Bonchev–Trinajstić information content (AvgIpc) is 2.25. The number of hydrogen-bond acceptors (Lipinski definition) is 3. The van der Waals surface area contributed by atoms with Crippen molar-refractivity contribution in [3.63, 3.8) is 0 Å². The molecule has 0 radical (unpaired) electrons. The molecule has 6 heteroatoms. The third-order valence-electron chi connectivity index (χ3n) is 2.38. The van der Waals surface area contributed by atoms with E-state index in [2.05, 4.69) is 9.97 Å². The molecule has 2 rings (SSSR count). The van der Waals surface area contributed by atoms with Gasteiger partial charge in [-0.3, -0.25) is 4.79 Å². The van der Waals surface area contributed by atoms with Gasteiger partial charge < -0.3 is 10.7 Å². The van der Waals surface area contributed by atoms with Crippen molar-refractivity contribution in [2.24, 2.45) is 0 Å². The Bertz CT molecular complexity index is 639. The quantitative estimate of drug-likeness (QED) is 0.818. The largest absolute Gasteiger partial charge is 0.383 e. The molecule has 17 heavy (non-hydrogen) atoms. The van der Waals surface area contributed by atoms with E-state index in [1.54, 1.807) is 6.92 Å². The van der Waals surface area contributed by atoms with Crippen LogP contribution in [0.2, 0.25) is 5.02 Å². The zero-order valence-electron chi connectivity index (χ0n) is 8.92. The zero-order valence-corrected chi connectivity index (χ0v) is 9.68. The Balaban J connectivity index is 2.65. The third-order valence-corrected chi connectivity index (χ3v) is 2.69. The molecule has 0 unspecified atom stereocenters. The van der Waals surface area contributed by atoms with Crippen molar-refractivity contribution >= 4 is 17.4 Å². The Kier molecular flexibility index (Phi) is 2.85. The molecule has 0 spiro atoms. The van der Waals surface area contributed by atoms with E-state index in [1.165, 1.54) is 12.1 Å². The highest BCUT2D eigenvalue weighted by Gasteiger charge is 2.10. The van der Waals surface area contributed by atoms with Crippen LogP contribution in [0.5, 0.6) is 0 Å². The Morgan fingerprint density at radius 2 is 2.18 bits per heavy atom. The topological polar surface area (TPSA) is 71.8 Å². The zero-order chi connectivity index (χ0) is 12.6. The first kappa shape index (κ1) is 11.6. The minimum Gasteiger partial charge on any atom is -0.383 e. The van der Waals surface area contributed by atoms with Gasteiger partial charge in [0.1, 0.15) is 17.5 Å². The Labute approximate surface area is 101 Å². The summed E-state index contributed by atoms with van der Waals surface area (Å²) in [6, 6.07) is 3.81. The summed E-state index contributed by atoms with van der Waals surface area (Å²) < 4.78 is 12.9. The first-order chi connectivity index (χ1) is 7.99. The molecule has 0 amide bonds. The van der Waals surface area contributed by atoms with Crippen LogP contribution in [0.4, 0.5) is 10.2 Å². The lowest BCUT2D eigenvalue weighted by Gasteiger charge is -2.05. The average molecular weight is 254 g/mol. The van der Waals surface area contributed by atoms with Crippen molar-refractivity contribution in [3.05, 3.63) is 45.0 Å². The number of rotatable bonds is 1. The SMILES string of the molecule is Cc1c(N)nc(-c2ccc(F)cc2Cl)[nH]c1=O. The van der Waals surface area contributed by atoms with Crippen LogP contribution in [0.3, 0.4) is 0 Å². The molecule has 2 aromatic rings. The molecule has 4 nitrogen and oxygen atoms in total. The number of anilines is 1. The maximum absolute atomic E-state index is 12.9. The maximum atomic E-state index is 12.9. The van der Waals surface area contributed by atoms with Crippen molar-refractivity contribution in [2.45, 2.75) is 6.92 Å². The number of halogens is 2. The van der Waals surface area contributed by atoms with Crippen LogP contribution in [-0.2, 0) is 0 Å². The Morgan fingerprint density at radius 1 is 1.47 bits per heavy atom. The Hall–Kier alpha value is -1.88. The van der Waals surface area contributed by atoms with E-state index in [0.717, 1.165) is 6.07 Å². The van der Waals surface area contributed by atoms with Gasteiger partial charge in [0.05, 0.1) is 10.6 Å². The number of benzene rings is 1. The van der Waals surface area contributed by atoms with Gasteiger partial charge in [0, 0.05) is 5.56 Å². The van der Waals surface area contributed by atoms with E-state index >= 15 is 0 Å². The van der Waals surface area contributed by atoms with Gasteiger partial charge in [0.25, 0.3) is 5.56 Å². The number of aromatic nitrogens is 2. The lowest BCUT2D eigenvalue weighted by Crippen LogP contribution is -2.15. The van der Waals surface area contributed by atoms with Gasteiger partial charge in [-0.2, -0.15) is 0 Å². The molecule has 0 aliphatic rings. The van der Waals surface area contributed by atoms with E-state index in [-0.39, 0.29) is 22.2 Å². The van der Waals surface area contributed by atoms with Crippen molar-refractivity contribution in [1.29, 1.82) is 0 Å². The fourth-order valence-corrected chi connectivity index (χ4v) is 1.62. The second-order valence-electron chi connectivity index (χ2n) is 3.55. The summed E-state index contributed by atoms with van der Waals surface area (Å²) in [5, 5.41) is 0.163. The third kappa shape index (κ3) is 2.14. The summed E-state index contributed by atoms with van der Waals surface area (Å²) in [4.78, 5) is 18.1. The first-order valence-corrected chi connectivity index (χ1v) is 5.18. The van der Waals surface area contributed by atoms with Gasteiger partial charge in [0.15, 0.2) is 0 Å². The summed E-state index contributed by atoms with van der Waals surface area (Å²) in [5.74, 6) is -0.103. The van der Waals surface area contributed by atoms with Crippen molar-refractivity contribution in [1.82, 2.24) is 9.97 Å². The molecule has 1 heterocycles. The van der Waals surface area contributed by atoms with Gasteiger partial charge in [0.2, 0.25) is 0 Å². The number of H-pyrrole nitrogens is 1. The molecule has 0 bridgehead atoms. The van der Waals surface area contributed by atoms with Crippen molar-refractivity contribution in [3.8, 4) is 11.4 Å². The number of nitrogens with one attached hydrogen (secondary N) is 1. The van der Waals surface area contributed by atoms with Crippen molar-refractivity contribution < 1.29 is 4.39 Å². The predicted molar refractivity (Wildman–Crippen MR) is 64.4 cm³/mol. The molecule has 0 aliphatic heterocycles. The molecule has 0 saturated heterocycles. The van der Waals surface area contributed by atoms with E-state index in [9.17, 15) is 9.18 Å². The molecule has 1 aromatic heterocycles. The number of nitrogen functional groups attached to an aromatic ring is 1. The van der Waals surface area contributed by atoms with Crippen LogP contribution >= 0.6 is 11.6 Å². The minimum atomic E-state index is -0.457. The fraction of sp³-hybridized carbons (Fsp3) is 0.0909. The van der Waals surface area contributed by atoms with Crippen LogP contribution < -0.4 is 11.3 Å². The summed E-state index contributed by atoms with van der Waals surface area (Å²) in [5.41, 5.74) is 6.02. The minimum absolute atomic E-state index is 0.129. The van der Waals surface area contributed by atoms with E-state index < -0.39 is 5.82 Å². The molecule has 0 atom stereocenters. The van der Waals surface area contributed by atoms with Crippen LogP contribution in [0, 0.1) is 12.7 Å². The number of nitrogens with zero attached hydrogens (tertiary/aromatic N) is 1. The molecule has 1 aromatic carbocycles. The van der Waals surface area contributed by atoms with E-state index in [0.29, 0.717) is 11.1 Å². The smallest absolute Gasteiger partial charge is 0.256 e. The first-order valence-electron chi connectivity index (χ1n) is 4.81. The van der Waals surface area contributed by atoms with Gasteiger partial charge in [-0.1, -0.05) is 11.6 Å². The Morgan fingerprint density at radius 3 is 2.76 bits per heavy atom. The lowest BCUT2D eigenvalue weighted by molar-refractivity contribution is 0.628. The molecule has 88 valence electrons. The van der Waals surface area contributed by atoms with Crippen molar-refractivity contribution in [2.75, 3.05) is 5.73 Å². The second-order valence-corrected chi connectivity index (χ2v) is 3.96. The lowest BCUT2D eigenvalue weighted by atomic mass is 10.2. The van der Waals surface area contributed by atoms with Gasteiger partial charge in [-0.05, 0) is 25.1 Å². The predicted octanol–water partition coefficient (Wildman–Crippen LogP) is 2.12. The van der Waals surface area contributed by atoms with Crippen LogP contribution in [0.1, 0.15) is 5.56 Å². The molecular weight excluding hydrogens is 245 g/mol. The highest BCUT2D eigenvalue weighted by atomic mass is 35.5. The number of hydrogen-bond donors (Lipinski definition) is 2. The standard InChI is InChI=1S/C11H9ClFN3O/c1-5-9(14)15-10(16-11(5)17)7-3-2-6(13)4-8(7)12/h2-4H,1H3,(H3,14,15,16,17). The molecule has 0 aliphatic carbocycles. The second kappa shape index (κ2) is 4.18. The summed E-state index contributed by atoms with van der Waals surface area (Å²) in [6.07, 6.45) is 0. The molecule has 0 saturated carbocycles. The van der Waals surface area contributed by atoms with E-state index in [1.807, 2.05) is 0 Å². The van der Waals surface area contributed by atoms with Crippen LogP contribution in [0.15, 0.2) is 23.0 Å². The number of aromatic amines is 1. The highest BCUT2D eigenvalue weighted by Crippen LogP contribution is 2.25. The molecule has 3 N–H and O–H groups in total. The van der Waals surface area contributed by atoms with E-state index in [4.69, 9.17) is 17.3 Å². The summed E-state index contributed by atoms with van der Waals surface area (Å²) in [7, 11) is 0. The van der Waals surface area contributed by atoms with Gasteiger partial charge in [-0.25, -0.2) is 9.37 Å². The van der Waals surface area contributed by atoms with Crippen LogP contribution in [0.25, 0.3) is 11.4 Å². The summed E-state index contributed by atoms with van der Waals surface area (Å²) in [6.45, 7) is 1.57. The van der Waals surface area contributed by atoms with Gasteiger partial charge in [-0.15, -0.1) is 0 Å². The molecular formula is C11H9ClFN3O. The van der Waals surface area contributed by atoms with Crippen LogP contribution in [-0.4, -0.2) is 9.97 Å². The number of nitrogens with two attached hydrogens (primary N) is 1. The highest BCUT2D eigenvalue weighted by molar-refractivity contribution is 6.33. The monoisotopic (exact) mass is 253 g/mol.